The van der Waals surface area contributed by atoms with Crippen molar-refractivity contribution in [2.45, 2.75) is 198 Å². The number of hydrogen-bond acceptors (Lipinski definition) is 16. The van der Waals surface area contributed by atoms with Gasteiger partial charge in [0, 0.05) is 19.0 Å². The van der Waals surface area contributed by atoms with Gasteiger partial charge in [-0.05, 0) is 76.7 Å². The number of carbonyl (C=O) groups is 2. The fourth-order valence-corrected chi connectivity index (χ4v) is 9.50. The molecule has 19 nitrogen and oxygen atoms in total. The lowest BCUT2D eigenvalue weighted by atomic mass is 10.1. The van der Waals surface area contributed by atoms with Crippen LogP contribution in [-0.4, -0.2) is 97.9 Å². The van der Waals surface area contributed by atoms with Crippen LogP contribution in [-0.2, 0) is 51.0 Å². The highest BCUT2D eigenvalue weighted by Crippen LogP contribution is 2.60. The van der Waals surface area contributed by atoms with Crippen molar-refractivity contribution in [3.63, 3.8) is 0 Å². The van der Waals surface area contributed by atoms with E-state index >= 15 is 0 Å². The molecule has 2 saturated heterocycles. The minimum Gasteiger partial charge on any atom is -0.462 e. The summed E-state index contributed by atoms with van der Waals surface area (Å²) in [6.45, 7) is 1.96. The van der Waals surface area contributed by atoms with E-state index in [1.807, 2.05) is 0 Å². The summed E-state index contributed by atoms with van der Waals surface area (Å²) in [4.78, 5) is 61.9. The number of anilines is 1. The first-order valence-electron chi connectivity index (χ1n) is 24.8. The van der Waals surface area contributed by atoms with Crippen LogP contribution in [0.2, 0.25) is 0 Å². The Morgan fingerprint density at radius 3 is 2.04 bits per heavy atom. The second kappa shape index (κ2) is 34.1. The minimum absolute atomic E-state index is 0.0215. The molecule has 0 radical (unpaired) electrons. The van der Waals surface area contributed by atoms with Crippen molar-refractivity contribution in [3.05, 3.63) is 71.4 Å². The van der Waals surface area contributed by atoms with Crippen molar-refractivity contribution >= 4 is 33.4 Å². The largest absolute Gasteiger partial charge is 0.481 e. The van der Waals surface area contributed by atoms with E-state index in [2.05, 4.69) is 71.8 Å². The average Bonchev–Trinajstić information content (AvgIpc) is 3.99. The Labute approximate surface area is 407 Å². The second-order valence-electron chi connectivity index (χ2n) is 17.3. The van der Waals surface area contributed by atoms with Crippen molar-refractivity contribution in [2.24, 2.45) is 0 Å². The highest BCUT2D eigenvalue weighted by atomic mass is 31.3. The predicted molar refractivity (Wildman–Crippen MR) is 260 cm³/mol. The van der Waals surface area contributed by atoms with Crippen LogP contribution in [0.15, 0.2) is 65.7 Å². The number of aromatic nitrogens is 2. The number of aliphatic hydroxyl groups excluding tert-OH is 2. The molecule has 4 unspecified atom stereocenters. The Kier molecular flexibility index (Phi) is 29.7. The van der Waals surface area contributed by atoms with Gasteiger partial charge >= 0.3 is 33.3 Å². The Balaban J connectivity index is 1.41. The van der Waals surface area contributed by atoms with E-state index < -0.39 is 83.7 Å². The van der Waals surface area contributed by atoms with Gasteiger partial charge in [-0.15, -0.1) is 0 Å². The fourth-order valence-electron chi connectivity index (χ4n) is 7.39. The molecule has 69 heavy (non-hydrogen) atoms. The molecule has 9 atom stereocenters. The zero-order valence-corrected chi connectivity index (χ0v) is 42.3. The van der Waals surface area contributed by atoms with Crippen molar-refractivity contribution in [2.75, 3.05) is 25.6 Å². The van der Waals surface area contributed by atoms with E-state index in [-0.39, 0.29) is 18.7 Å². The number of esters is 2. The molecule has 1 aromatic heterocycles. The summed E-state index contributed by atoms with van der Waals surface area (Å²) in [6.07, 6.45) is 30.7. The van der Waals surface area contributed by atoms with Crippen LogP contribution in [0.25, 0.3) is 0 Å². The number of aliphatic hydroxyl groups is 2. The SMILES string of the molecule is CC/C=C\C/C=C\C/C=C\CCCCCCCC(=O)OC[C@H](COP(=O)(O)OP(=O)(O)OC[C@H]1O[C@@H](n2ccc(N)nc2=O)[C@H](O)[C@@H]1O)OC(=O)CCCCCCCC1OC1C/C=C\CCCCC. The monoisotopic (exact) mass is 1020 g/mol. The van der Waals surface area contributed by atoms with Gasteiger partial charge in [0.25, 0.3) is 0 Å². The smallest absolute Gasteiger partial charge is 0.462 e. The third kappa shape index (κ3) is 26.6. The van der Waals surface area contributed by atoms with Crippen LogP contribution >= 0.6 is 15.6 Å². The van der Waals surface area contributed by atoms with Crippen LogP contribution in [0.4, 0.5) is 5.82 Å². The number of ether oxygens (including phenoxy) is 4. The predicted octanol–water partition coefficient (Wildman–Crippen LogP) is 8.76. The third-order valence-corrected chi connectivity index (χ3v) is 13.9. The summed E-state index contributed by atoms with van der Waals surface area (Å²) in [5, 5.41) is 20.9. The average molecular weight is 1020 g/mol. The maximum atomic E-state index is 12.9. The van der Waals surface area contributed by atoms with Crippen LogP contribution in [0, 0.1) is 0 Å². The molecule has 0 aromatic carbocycles. The first kappa shape index (κ1) is 60.0. The number of nitrogens with zero attached hydrogens (tertiary/aromatic N) is 2. The Morgan fingerprint density at radius 2 is 1.35 bits per heavy atom. The van der Waals surface area contributed by atoms with E-state index in [1.165, 1.54) is 25.3 Å². The highest BCUT2D eigenvalue weighted by molar-refractivity contribution is 7.61. The summed E-state index contributed by atoms with van der Waals surface area (Å²) < 4.78 is 62.5. The van der Waals surface area contributed by atoms with Gasteiger partial charge in [-0.2, -0.15) is 9.29 Å². The topological polar surface area (TPSA) is 278 Å². The Morgan fingerprint density at radius 1 is 0.739 bits per heavy atom. The maximum absolute atomic E-state index is 12.9. The van der Waals surface area contributed by atoms with Gasteiger partial charge < -0.3 is 44.7 Å². The van der Waals surface area contributed by atoms with Crippen LogP contribution in [0.5, 0.6) is 0 Å². The number of allylic oxidation sites excluding steroid dienone is 7. The molecule has 0 bridgehead atoms. The Hall–Kier alpha value is -3.32. The number of phosphoric ester groups is 2. The first-order valence-corrected chi connectivity index (χ1v) is 27.8. The van der Waals surface area contributed by atoms with Crippen molar-refractivity contribution in [3.8, 4) is 0 Å². The van der Waals surface area contributed by atoms with Crippen LogP contribution < -0.4 is 11.4 Å². The Bertz CT molecular complexity index is 1910. The van der Waals surface area contributed by atoms with E-state index in [1.54, 1.807) is 0 Å². The molecule has 3 heterocycles. The van der Waals surface area contributed by atoms with Crippen molar-refractivity contribution in [1.29, 1.82) is 0 Å². The summed E-state index contributed by atoms with van der Waals surface area (Å²) in [7, 11) is -10.9. The van der Waals surface area contributed by atoms with E-state index in [4.69, 9.17) is 33.7 Å². The van der Waals surface area contributed by atoms with Gasteiger partial charge in [0.15, 0.2) is 12.3 Å². The van der Waals surface area contributed by atoms with Gasteiger partial charge in [0.1, 0.15) is 30.7 Å². The summed E-state index contributed by atoms with van der Waals surface area (Å²) in [5.41, 5.74) is 4.58. The zero-order chi connectivity index (χ0) is 50.3. The second-order valence-corrected chi connectivity index (χ2v) is 20.4. The molecule has 0 saturated carbocycles. The first-order chi connectivity index (χ1) is 33.1. The van der Waals surface area contributed by atoms with Crippen LogP contribution in [0.3, 0.4) is 0 Å². The number of rotatable bonds is 39. The zero-order valence-electron chi connectivity index (χ0n) is 40.5. The number of epoxide rings is 1. The molecule has 2 aliphatic rings. The number of unbranched alkanes of at least 4 members (excludes halogenated alkanes) is 12. The van der Waals surface area contributed by atoms with E-state index in [0.29, 0.717) is 25.0 Å². The van der Waals surface area contributed by atoms with E-state index in [0.717, 1.165) is 107 Å². The summed E-state index contributed by atoms with van der Waals surface area (Å²) in [5.74, 6) is -1.34. The quantitative estimate of drug-likeness (QED) is 0.0135. The van der Waals surface area contributed by atoms with Crippen molar-refractivity contribution < 1.29 is 71.0 Å². The standard InChI is InChI=1S/C48H79N3O16P2/c1-3-5-7-9-11-12-13-14-15-16-17-18-19-23-27-31-43(52)61-35-38(64-44(53)32-28-24-20-22-26-30-40-39(65-40)29-25-21-10-8-6-4-2)36-62-68(57,58)67-69(59,60)63-37-41-45(54)46(55)47(66-41)51-34-33-42(49)50-48(51)56/h5,7,11-12,14-15,21,25,33-34,38-41,45-47,54-55H,3-4,6,8-10,13,16-20,22-24,26-32,35-37H2,1-2H3,(H,57,58)(H,59,60)(H2,49,50,56)/b7-5-,12-11-,15-14-,25-21-/t38-,39?,40?,41-,45-,46-,47-/m1/s1. The number of nitrogens with two attached hydrogens (primary N) is 1. The van der Waals surface area contributed by atoms with Gasteiger partial charge in [-0.1, -0.05) is 120 Å². The molecule has 0 amide bonds. The number of phosphoric acid groups is 2. The lowest BCUT2D eigenvalue weighted by Gasteiger charge is -2.21. The van der Waals surface area contributed by atoms with Crippen molar-refractivity contribution in [1.82, 2.24) is 9.55 Å². The number of hydrogen-bond donors (Lipinski definition) is 5. The van der Waals surface area contributed by atoms with Gasteiger partial charge in [-0.3, -0.25) is 23.2 Å². The van der Waals surface area contributed by atoms with E-state index in [9.17, 15) is 43.5 Å². The van der Waals surface area contributed by atoms with Gasteiger partial charge in [0.2, 0.25) is 0 Å². The molecular weight excluding hydrogens is 936 g/mol. The van der Waals surface area contributed by atoms with Gasteiger partial charge in [0.05, 0.1) is 25.4 Å². The number of carbonyl (C=O) groups excluding carboxylic acids is 2. The normalized spacial score (nSPS) is 22.7. The molecule has 0 aliphatic carbocycles. The third-order valence-electron chi connectivity index (χ3n) is 11.3. The molecule has 21 heteroatoms. The minimum atomic E-state index is -5.43. The van der Waals surface area contributed by atoms with Gasteiger partial charge in [-0.25, -0.2) is 13.9 Å². The van der Waals surface area contributed by atoms with Crippen LogP contribution in [0.1, 0.15) is 161 Å². The molecular formula is C48H79N3O16P2. The molecule has 3 rings (SSSR count). The molecule has 1 aromatic rings. The summed E-state index contributed by atoms with van der Waals surface area (Å²) >= 11 is 0. The lowest BCUT2D eigenvalue weighted by molar-refractivity contribution is -0.161. The molecule has 6 N–H and O–H groups in total. The molecule has 0 spiro atoms. The number of nitrogen functional groups attached to an aromatic ring is 1. The molecule has 2 fully saturated rings. The summed E-state index contributed by atoms with van der Waals surface area (Å²) in [6, 6.07) is 1.24. The fraction of sp³-hybridized carbons (Fsp3) is 0.708. The highest BCUT2D eigenvalue weighted by Gasteiger charge is 2.46. The molecule has 2 aliphatic heterocycles. The lowest BCUT2D eigenvalue weighted by Crippen LogP contribution is -2.36. The molecule has 392 valence electrons. The maximum Gasteiger partial charge on any atom is 0.481 e.